The molecule has 5 heteroatoms. The highest BCUT2D eigenvalue weighted by Gasteiger charge is 2.15. The average Bonchev–Trinajstić information content (AvgIpc) is 2.92. The Balaban J connectivity index is 0.000000247. The number of fused-ring (bicyclic) bond motifs is 1. The molecule has 1 unspecified atom stereocenters. The zero-order valence-electron chi connectivity index (χ0n) is 14.2. The fraction of sp³-hybridized carbons (Fsp3) is 0.444. The third kappa shape index (κ3) is 5.30. The summed E-state index contributed by atoms with van der Waals surface area (Å²) in [4.78, 5) is 24.1. The largest absolute Gasteiger partial charge is 0.453 e. The molecule has 0 radical (unpaired) electrons. The van der Waals surface area contributed by atoms with Gasteiger partial charge in [-0.05, 0) is 32.0 Å². The van der Waals surface area contributed by atoms with Crippen molar-refractivity contribution in [3.63, 3.8) is 0 Å². The van der Waals surface area contributed by atoms with Crippen molar-refractivity contribution in [1.82, 2.24) is 4.90 Å². The van der Waals surface area contributed by atoms with Gasteiger partial charge in [0.1, 0.15) is 5.58 Å². The van der Waals surface area contributed by atoms with Crippen LogP contribution in [0.3, 0.4) is 0 Å². The molecule has 2 heterocycles. The predicted molar refractivity (Wildman–Crippen MR) is 92.1 cm³/mol. The van der Waals surface area contributed by atoms with Crippen molar-refractivity contribution in [2.24, 2.45) is 0 Å². The van der Waals surface area contributed by atoms with Gasteiger partial charge in [-0.1, -0.05) is 26.0 Å². The van der Waals surface area contributed by atoms with Crippen molar-refractivity contribution in [2.45, 2.75) is 33.3 Å². The maximum absolute atomic E-state index is 11.6. The molecule has 5 nitrogen and oxygen atoms in total. The SMILES string of the molecule is CC.CN1CCC(O)C1.Cc1cccc2oc(C=O)cc(=O)c12. The summed E-state index contributed by atoms with van der Waals surface area (Å²) < 4.78 is 5.20. The van der Waals surface area contributed by atoms with Gasteiger partial charge in [-0.2, -0.15) is 0 Å². The van der Waals surface area contributed by atoms with Gasteiger partial charge >= 0.3 is 0 Å². The number of aryl methyl sites for hydroxylation is 1. The van der Waals surface area contributed by atoms with Gasteiger partial charge in [-0.25, -0.2) is 0 Å². The summed E-state index contributed by atoms with van der Waals surface area (Å²) in [6.45, 7) is 7.75. The van der Waals surface area contributed by atoms with Crippen LogP contribution in [0.1, 0.15) is 36.4 Å². The monoisotopic (exact) mass is 319 g/mol. The Morgan fingerprint density at radius 2 is 2.04 bits per heavy atom. The van der Waals surface area contributed by atoms with E-state index in [2.05, 4.69) is 4.90 Å². The highest BCUT2D eigenvalue weighted by Crippen LogP contribution is 2.14. The molecular weight excluding hydrogens is 294 g/mol. The highest BCUT2D eigenvalue weighted by molar-refractivity contribution is 5.82. The van der Waals surface area contributed by atoms with E-state index in [0.29, 0.717) is 17.3 Å². The molecule has 3 rings (SSSR count). The molecular formula is C18H25NO4. The number of aldehydes is 1. The number of hydrogen-bond donors (Lipinski definition) is 1. The third-order valence-corrected chi connectivity index (χ3v) is 3.46. The first-order chi connectivity index (χ1) is 11.0. The number of carbonyl (C=O) groups excluding carboxylic acids is 1. The molecule has 2 aromatic rings. The molecule has 126 valence electrons. The van der Waals surface area contributed by atoms with E-state index < -0.39 is 0 Å². The van der Waals surface area contributed by atoms with E-state index in [4.69, 9.17) is 9.52 Å². The van der Waals surface area contributed by atoms with Gasteiger partial charge in [0.25, 0.3) is 0 Å². The van der Waals surface area contributed by atoms with Crippen molar-refractivity contribution in [2.75, 3.05) is 20.1 Å². The molecule has 1 aromatic heterocycles. The molecule has 1 N–H and O–H groups in total. The summed E-state index contributed by atoms with van der Waals surface area (Å²) in [5.74, 6) is 0.0631. The Morgan fingerprint density at radius 3 is 2.52 bits per heavy atom. The van der Waals surface area contributed by atoms with Crippen LogP contribution in [0.5, 0.6) is 0 Å². The van der Waals surface area contributed by atoms with Crippen LogP contribution in [0.4, 0.5) is 0 Å². The molecule has 1 aromatic carbocycles. The number of rotatable bonds is 1. The lowest BCUT2D eigenvalue weighted by molar-refractivity contribution is 0.110. The van der Waals surface area contributed by atoms with Crippen LogP contribution in [0.15, 0.2) is 33.5 Å². The van der Waals surface area contributed by atoms with Gasteiger partial charge in [-0.3, -0.25) is 9.59 Å². The van der Waals surface area contributed by atoms with Crippen LogP contribution < -0.4 is 5.43 Å². The van der Waals surface area contributed by atoms with Crippen LogP contribution >= 0.6 is 0 Å². The van der Waals surface area contributed by atoms with Crippen molar-refractivity contribution < 1.29 is 14.3 Å². The molecule has 1 fully saturated rings. The number of hydrogen-bond acceptors (Lipinski definition) is 5. The Morgan fingerprint density at radius 1 is 1.35 bits per heavy atom. The first-order valence-electron chi connectivity index (χ1n) is 7.86. The molecule has 1 aliphatic heterocycles. The molecule has 23 heavy (non-hydrogen) atoms. The number of β-amino-alcohol motifs (C(OH)–C–C–N with tert-alkyl or cyclic N) is 1. The second kappa shape index (κ2) is 9.22. The van der Waals surface area contributed by atoms with E-state index in [1.54, 1.807) is 12.1 Å². The smallest absolute Gasteiger partial charge is 0.193 e. The lowest BCUT2D eigenvalue weighted by atomic mass is 10.1. The molecule has 0 saturated carbocycles. The standard InChI is InChI=1S/C11H8O3.C5H11NO.C2H6/c1-7-3-2-4-10-11(7)9(13)5-8(6-12)14-10;1-6-3-2-5(7)4-6;1-2/h2-6H,1H3;5,7H,2-4H2,1H3;1-2H3. The van der Waals surface area contributed by atoms with E-state index in [1.165, 1.54) is 6.07 Å². The highest BCUT2D eigenvalue weighted by atomic mass is 16.3. The van der Waals surface area contributed by atoms with Gasteiger partial charge < -0.3 is 14.4 Å². The third-order valence-electron chi connectivity index (χ3n) is 3.46. The van der Waals surface area contributed by atoms with Crippen LogP contribution in [0, 0.1) is 6.92 Å². The van der Waals surface area contributed by atoms with Crippen LogP contribution in [-0.4, -0.2) is 42.5 Å². The Bertz CT molecular complexity index is 685. The number of likely N-dealkylation sites (tertiary alicyclic amines) is 1. The van der Waals surface area contributed by atoms with Crippen LogP contribution in [-0.2, 0) is 0 Å². The molecule has 0 bridgehead atoms. The minimum absolute atomic E-state index is 0.0509. The summed E-state index contributed by atoms with van der Waals surface area (Å²) >= 11 is 0. The second-order valence-corrected chi connectivity index (χ2v) is 5.28. The number of benzene rings is 1. The number of carbonyl (C=O) groups is 1. The van der Waals surface area contributed by atoms with Crippen molar-refractivity contribution in [3.05, 3.63) is 45.8 Å². The number of likely N-dealkylation sites (N-methyl/N-ethyl adjacent to an activating group) is 1. The fourth-order valence-corrected chi connectivity index (χ4v) is 2.37. The van der Waals surface area contributed by atoms with Crippen molar-refractivity contribution in [3.8, 4) is 0 Å². The quantitative estimate of drug-likeness (QED) is 0.818. The minimum Gasteiger partial charge on any atom is -0.453 e. The van der Waals surface area contributed by atoms with E-state index in [9.17, 15) is 9.59 Å². The normalized spacial score (nSPS) is 17.0. The fourth-order valence-electron chi connectivity index (χ4n) is 2.37. The van der Waals surface area contributed by atoms with Gasteiger partial charge in [-0.15, -0.1) is 0 Å². The summed E-state index contributed by atoms with van der Waals surface area (Å²) in [6, 6.07) is 6.51. The minimum atomic E-state index is -0.175. The summed E-state index contributed by atoms with van der Waals surface area (Å²) in [6.07, 6.45) is 1.43. The van der Waals surface area contributed by atoms with Gasteiger partial charge in [0.15, 0.2) is 17.5 Å². The summed E-state index contributed by atoms with van der Waals surface area (Å²) in [5, 5.41) is 9.40. The van der Waals surface area contributed by atoms with E-state index in [-0.39, 0.29) is 17.3 Å². The molecule has 1 saturated heterocycles. The maximum atomic E-state index is 11.6. The number of aliphatic hydroxyl groups is 1. The Labute approximate surface area is 136 Å². The number of aliphatic hydroxyl groups excluding tert-OH is 1. The van der Waals surface area contributed by atoms with Gasteiger partial charge in [0.2, 0.25) is 0 Å². The first kappa shape index (κ1) is 19.1. The zero-order valence-corrected chi connectivity index (χ0v) is 14.2. The second-order valence-electron chi connectivity index (χ2n) is 5.28. The van der Waals surface area contributed by atoms with E-state index in [1.807, 2.05) is 33.9 Å². The maximum Gasteiger partial charge on any atom is 0.193 e. The lowest BCUT2D eigenvalue weighted by Crippen LogP contribution is -2.15. The van der Waals surface area contributed by atoms with Gasteiger partial charge in [0, 0.05) is 19.2 Å². The summed E-state index contributed by atoms with van der Waals surface area (Å²) in [7, 11) is 2.02. The molecule has 1 aliphatic rings. The zero-order chi connectivity index (χ0) is 17.4. The van der Waals surface area contributed by atoms with Crippen molar-refractivity contribution in [1.29, 1.82) is 0 Å². The average molecular weight is 319 g/mol. The van der Waals surface area contributed by atoms with E-state index >= 15 is 0 Å². The molecule has 1 atom stereocenters. The van der Waals surface area contributed by atoms with Crippen molar-refractivity contribution >= 4 is 17.3 Å². The summed E-state index contributed by atoms with van der Waals surface area (Å²) in [5.41, 5.74) is 1.14. The molecule has 0 aliphatic carbocycles. The number of nitrogens with zero attached hydrogens (tertiary/aromatic N) is 1. The molecule has 0 amide bonds. The first-order valence-corrected chi connectivity index (χ1v) is 7.86. The predicted octanol–water partition coefficient (Wildman–Crippen LogP) is 2.62. The van der Waals surface area contributed by atoms with Crippen LogP contribution in [0.25, 0.3) is 11.0 Å². The van der Waals surface area contributed by atoms with Gasteiger partial charge in [0.05, 0.1) is 11.5 Å². The van der Waals surface area contributed by atoms with E-state index in [0.717, 1.165) is 25.1 Å². The molecule has 0 spiro atoms. The topological polar surface area (TPSA) is 70.8 Å². The van der Waals surface area contributed by atoms with Crippen LogP contribution in [0.2, 0.25) is 0 Å². The Kier molecular flexibility index (Phi) is 7.65. The Hall–Kier alpha value is -1.98. The lowest BCUT2D eigenvalue weighted by Gasteiger charge is -2.02.